The molecule has 168 valence electrons. The summed E-state index contributed by atoms with van der Waals surface area (Å²) in [4.78, 5) is 21.9. The van der Waals surface area contributed by atoms with Gasteiger partial charge in [-0.05, 0) is 24.6 Å². The average molecular weight is 469 g/mol. The average Bonchev–Trinajstić information content (AvgIpc) is 3.27. The van der Waals surface area contributed by atoms with E-state index in [-0.39, 0.29) is 5.91 Å². The van der Waals surface area contributed by atoms with Crippen LogP contribution < -0.4 is 5.32 Å². The monoisotopic (exact) mass is 468 g/mol. The third-order valence-corrected chi connectivity index (χ3v) is 6.94. The Morgan fingerprint density at radius 3 is 2.50 bits per heavy atom. The van der Waals surface area contributed by atoms with Crippen LogP contribution in [0.15, 0.2) is 60.0 Å². The first-order valence-corrected chi connectivity index (χ1v) is 12.4. The summed E-state index contributed by atoms with van der Waals surface area (Å²) in [5, 5.41) is 6.50. The number of benzene rings is 2. The number of halogens is 1. The Hall–Kier alpha value is -2.25. The fraction of sp³-hybridized carbons (Fsp3) is 0.360. The summed E-state index contributed by atoms with van der Waals surface area (Å²) >= 11 is 7.77. The number of thiazole rings is 1. The van der Waals surface area contributed by atoms with Crippen molar-refractivity contribution in [3.63, 3.8) is 0 Å². The van der Waals surface area contributed by atoms with E-state index in [0.717, 1.165) is 62.0 Å². The molecule has 0 spiro atoms. The van der Waals surface area contributed by atoms with Crippen LogP contribution in [0.5, 0.6) is 0 Å². The van der Waals surface area contributed by atoms with E-state index >= 15 is 0 Å². The number of nitrogens with one attached hydrogen (secondary N) is 1. The Balaban J connectivity index is 1.12. The number of rotatable bonds is 9. The van der Waals surface area contributed by atoms with Crippen LogP contribution >= 0.6 is 22.9 Å². The van der Waals surface area contributed by atoms with Gasteiger partial charge in [0.25, 0.3) is 0 Å². The molecule has 0 saturated carbocycles. The minimum absolute atomic E-state index is 0.0219. The van der Waals surface area contributed by atoms with Crippen LogP contribution in [-0.2, 0) is 17.8 Å². The molecule has 0 radical (unpaired) electrons. The van der Waals surface area contributed by atoms with Crippen LogP contribution in [0.2, 0.25) is 5.02 Å². The highest BCUT2D eigenvalue weighted by molar-refractivity contribution is 7.13. The molecule has 32 heavy (non-hydrogen) atoms. The maximum Gasteiger partial charge on any atom is 0.226 e. The smallest absolute Gasteiger partial charge is 0.226 e. The summed E-state index contributed by atoms with van der Waals surface area (Å²) in [7, 11) is 0. The lowest BCUT2D eigenvalue weighted by Crippen LogP contribution is -2.46. The normalized spacial score (nSPS) is 15.0. The fourth-order valence-electron chi connectivity index (χ4n) is 3.92. The van der Waals surface area contributed by atoms with Crippen LogP contribution in [0.3, 0.4) is 0 Å². The van der Waals surface area contributed by atoms with Crippen molar-refractivity contribution in [2.45, 2.75) is 19.4 Å². The molecule has 0 unspecified atom stereocenters. The number of nitrogens with zero attached hydrogens (tertiary/aromatic N) is 3. The van der Waals surface area contributed by atoms with E-state index in [0.29, 0.717) is 18.0 Å². The first-order chi connectivity index (χ1) is 15.7. The molecule has 1 saturated heterocycles. The summed E-state index contributed by atoms with van der Waals surface area (Å²) in [5.41, 5.74) is 3.08. The van der Waals surface area contributed by atoms with Gasteiger partial charge < -0.3 is 10.2 Å². The first-order valence-electron chi connectivity index (χ1n) is 11.1. The molecule has 7 heteroatoms. The van der Waals surface area contributed by atoms with Crippen molar-refractivity contribution in [1.29, 1.82) is 0 Å². The predicted octanol–water partition coefficient (Wildman–Crippen LogP) is 4.33. The van der Waals surface area contributed by atoms with Crippen molar-refractivity contribution in [2.24, 2.45) is 0 Å². The van der Waals surface area contributed by atoms with Gasteiger partial charge in [0.2, 0.25) is 5.91 Å². The highest BCUT2D eigenvalue weighted by Crippen LogP contribution is 2.30. The number of carbonyl (C=O) groups is 1. The van der Waals surface area contributed by atoms with Gasteiger partial charge in [-0.25, -0.2) is 4.98 Å². The molecule has 0 aliphatic carbocycles. The summed E-state index contributed by atoms with van der Waals surface area (Å²) in [6.45, 7) is 7.11. The van der Waals surface area contributed by atoms with Gasteiger partial charge in [-0.1, -0.05) is 60.1 Å². The molecule has 5 nitrogen and oxygen atoms in total. The molecular weight excluding hydrogens is 440 g/mol. The molecule has 4 rings (SSSR count). The van der Waals surface area contributed by atoms with Gasteiger partial charge in [0.05, 0.1) is 17.1 Å². The lowest BCUT2D eigenvalue weighted by atomic mass is 10.2. The van der Waals surface area contributed by atoms with Gasteiger partial charge in [0.15, 0.2) is 0 Å². The zero-order valence-corrected chi connectivity index (χ0v) is 19.7. The maximum atomic E-state index is 12.3. The summed E-state index contributed by atoms with van der Waals surface area (Å²) in [6.07, 6.45) is 1.27. The van der Waals surface area contributed by atoms with E-state index in [1.54, 1.807) is 0 Å². The molecule has 1 fully saturated rings. The fourth-order valence-corrected chi connectivity index (χ4v) is 5.06. The number of aromatic nitrogens is 1. The molecular formula is C25H29ClN4OS. The van der Waals surface area contributed by atoms with Crippen LogP contribution in [0, 0.1) is 0 Å². The molecule has 1 aliphatic rings. The topological polar surface area (TPSA) is 48.5 Å². The van der Waals surface area contributed by atoms with E-state index in [4.69, 9.17) is 11.6 Å². The van der Waals surface area contributed by atoms with Crippen LogP contribution in [-0.4, -0.2) is 60.0 Å². The standard InChI is InChI=1S/C25H29ClN4OS/c26-23-10-5-4-9-22(23)25-28-21(19-32-25)17-24(31)27-11-6-12-29-13-15-30(16-14-29)18-20-7-2-1-3-8-20/h1-5,7-10,19H,6,11-18H2,(H,27,31). The quantitative estimate of drug-likeness (QED) is 0.475. The molecule has 1 aliphatic heterocycles. The second kappa shape index (κ2) is 11.6. The summed E-state index contributed by atoms with van der Waals surface area (Å²) in [6, 6.07) is 18.3. The first kappa shape index (κ1) is 22.9. The molecule has 0 bridgehead atoms. The zero-order valence-electron chi connectivity index (χ0n) is 18.2. The Labute approximate surface area is 199 Å². The Kier molecular flexibility index (Phi) is 8.29. The summed E-state index contributed by atoms with van der Waals surface area (Å²) < 4.78 is 0. The minimum atomic E-state index is 0.0219. The van der Waals surface area contributed by atoms with Gasteiger partial charge in [0.1, 0.15) is 5.01 Å². The highest BCUT2D eigenvalue weighted by Gasteiger charge is 2.16. The molecule has 1 amide bonds. The molecule has 1 N–H and O–H groups in total. The summed E-state index contributed by atoms with van der Waals surface area (Å²) in [5.74, 6) is 0.0219. The second-order valence-corrected chi connectivity index (χ2v) is 9.37. The Bertz CT molecular complexity index is 1000. The molecule has 1 aromatic heterocycles. The molecule has 0 atom stereocenters. The maximum absolute atomic E-state index is 12.3. The van der Waals surface area contributed by atoms with Crippen LogP contribution in [0.4, 0.5) is 0 Å². The van der Waals surface area contributed by atoms with Crippen molar-refractivity contribution < 1.29 is 4.79 Å². The van der Waals surface area contributed by atoms with Crippen molar-refractivity contribution in [3.8, 4) is 10.6 Å². The van der Waals surface area contributed by atoms with Crippen LogP contribution in [0.1, 0.15) is 17.7 Å². The molecule has 2 aromatic carbocycles. The number of hydrogen-bond acceptors (Lipinski definition) is 5. The van der Waals surface area contributed by atoms with Gasteiger partial charge >= 0.3 is 0 Å². The van der Waals surface area contributed by atoms with Crippen LogP contribution in [0.25, 0.3) is 10.6 Å². The Morgan fingerprint density at radius 1 is 1.00 bits per heavy atom. The lowest BCUT2D eigenvalue weighted by molar-refractivity contribution is -0.120. The zero-order chi connectivity index (χ0) is 22.2. The van der Waals surface area contributed by atoms with Crippen molar-refractivity contribution in [2.75, 3.05) is 39.3 Å². The van der Waals surface area contributed by atoms with Gasteiger partial charge in [0, 0.05) is 50.2 Å². The van der Waals surface area contributed by atoms with Crippen molar-refractivity contribution in [1.82, 2.24) is 20.1 Å². The number of hydrogen-bond donors (Lipinski definition) is 1. The lowest BCUT2D eigenvalue weighted by Gasteiger charge is -2.34. The van der Waals surface area contributed by atoms with Crippen molar-refractivity contribution in [3.05, 3.63) is 76.3 Å². The van der Waals surface area contributed by atoms with Gasteiger partial charge in [-0.3, -0.25) is 9.69 Å². The van der Waals surface area contributed by atoms with E-state index in [2.05, 4.69) is 50.4 Å². The largest absolute Gasteiger partial charge is 0.356 e. The third-order valence-electron chi connectivity index (χ3n) is 5.68. The predicted molar refractivity (Wildman–Crippen MR) is 132 cm³/mol. The highest BCUT2D eigenvalue weighted by atomic mass is 35.5. The van der Waals surface area contributed by atoms with E-state index in [9.17, 15) is 4.79 Å². The molecule has 2 heterocycles. The third kappa shape index (κ3) is 6.62. The minimum Gasteiger partial charge on any atom is -0.356 e. The van der Waals surface area contributed by atoms with E-state index in [1.165, 1.54) is 16.9 Å². The van der Waals surface area contributed by atoms with Gasteiger partial charge in [-0.2, -0.15) is 0 Å². The van der Waals surface area contributed by atoms with Crippen molar-refractivity contribution >= 4 is 28.8 Å². The van der Waals surface area contributed by atoms with E-state index in [1.807, 2.05) is 29.6 Å². The number of amides is 1. The second-order valence-electron chi connectivity index (χ2n) is 8.11. The number of carbonyl (C=O) groups excluding carboxylic acids is 1. The van der Waals surface area contributed by atoms with Gasteiger partial charge in [-0.15, -0.1) is 11.3 Å². The molecule has 3 aromatic rings. The number of piperazine rings is 1. The SMILES string of the molecule is O=C(Cc1csc(-c2ccccc2Cl)n1)NCCCN1CCN(Cc2ccccc2)CC1. The van der Waals surface area contributed by atoms with E-state index < -0.39 is 0 Å². The Morgan fingerprint density at radius 2 is 1.72 bits per heavy atom.